The quantitative estimate of drug-likeness (QED) is 0.620. The van der Waals surface area contributed by atoms with Crippen molar-refractivity contribution in [1.82, 2.24) is 4.98 Å². The number of ether oxygens (including phenoxy) is 1. The molecule has 0 aliphatic heterocycles. The van der Waals surface area contributed by atoms with Crippen LogP contribution in [0.1, 0.15) is 49.4 Å². The molecule has 0 aliphatic carbocycles. The van der Waals surface area contributed by atoms with Crippen LogP contribution < -0.4 is 10.1 Å². The first-order valence-electron chi connectivity index (χ1n) is 8.92. The summed E-state index contributed by atoms with van der Waals surface area (Å²) in [5.74, 6) is 1.19. The van der Waals surface area contributed by atoms with Crippen molar-refractivity contribution in [3.8, 4) is 5.75 Å². The third-order valence-electron chi connectivity index (χ3n) is 4.05. The van der Waals surface area contributed by atoms with E-state index in [9.17, 15) is 9.59 Å². The topological polar surface area (TPSA) is 81.4 Å². The van der Waals surface area contributed by atoms with Crippen LogP contribution in [0.3, 0.4) is 0 Å². The minimum absolute atomic E-state index is 0.0724. The van der Waals surface area contributed by atoms with E-state index in [1.54, 1.807) is 42.5 Å². The second kappa shape index (κ2) is 8.03. The van der Waals surface area contributed by atoms with E-state index in [0.29, 0.717) is 40.4 Å². The fourth-order valence-electron chi connectivity index (χ4n) is 2.56. The van der Waals surface area contributed by atoms with Gasteiger partial charge in [-0.25, -0.2) is 4.98 Å². The predicted octanol–water partition coefficient (Wildman–Crippen LogP) is 4.56. The smallest absolute Gasteiger partial charge is 0.262 e. The molecule has 1 heterocycles. The van der Waals surface area contributed by atoms with Crippen LogP contribution in [-0.4, -0.2) is 23.3 Å². The lowest BCUT2D eigenvalue weighted by Crippen LogP contribution is -2.20. The fraction of sp³-hybridized carbons (Fsp3) is 0.286. The van der Waals surface area contributed by atoms with Crippen LogP contribution in [0, 0.1) is 0 Å². The monoisotopic (exact) mass is 366 g/mol. The van der Waals surface area contributed by atoms with Gasteiger partial charge in [-0.3, -0.25) is 9.59 Å². The molecule has 3 rings (SSSR count). The van der Waals surface area contributed by atoms with E-state index in [0.717, 1.165) is 0 Å². The number of benzene rings is 2. The number of aromatic nitrogens is 1. The zero-order valence-electron chi connectivity index (χ0n) is 15.6. The lowest BCUT2D eigenvalue weighted by atomic mass is 10.1. The summed E-state index contributed by atoms with van der Waals surface area (Å²) in [5.41, 5.74) is 2.66. The van der Waals surface area contributed by atoms with Crippen LogP contribution in [-0.2, 0) is 4.79 Å². The highest BCUT2D eigenvalue weighted by molar-refractivity contribution is 5.96. The Labute approximate surface area is 157 Å². The van der Waals surface area contributed by atoms with Gasteiger partial charge in [0.05, 0.1) is 0 Å². The zero-order valence-corrected chi connectivity index (χ0v) is 15.6. The number of nitrogens with one attached hydrogen (secondary N) is 1. The number of amides is 1. The first-order valence-corrected chi connectivity index (χ1v) is 8.92. The zero-order chi connectivity index (χ0) is 19.4. The molecule has 0 saturated carbocycles. The van der Waals surface area contributed by atoms with Crippen LogP contribution in [0.5, 0.6) is 5.75 Å². The van der Waals surface area contributed by atoms with E-state index in [4.69, 9.17) is 9.15 Å². The van der Waals surface area contributed by atoms with Gasteiger partial charge in [0.15, 0.2) is 23.9 Å². The average Bonchev–Trinajstić information content (AvgIpc) is 3.10. The number of rotatable bonds is 7. The molecule has 2 aromatic carbocycles. The Bertz CT molecular complexity index is 958. The molecule has 0 bridgehead atoms. The number of anilines is 1. The summed E-state index contributed by atoms with van der Waals surface area (Å²) in [4.78, 5) is 28.2. The molecule has 1 amide bonds. The molecule has 0 fully saturated rings. The van der Waals surface area contributed by atoms with Gasteiger partial charge >= 0.3 is 0 Å². The Morgan fingerprint density at radius 1 is 1.15 bits per heavy atom. The van der Waals surface area contributed by atoms with Crippen molar-refractivity contribution in [2.75, 3.05) is 11.9 Å². The Balaban J connectivity index is 1.59. The van der Waals surface area contributed by atoms with E-state index < -0.39 is 0 Å². The molecule has 0 aliphatic rings. The Morgan fingerprint density at radius 2 is 1.89 bits per heavy atom. The third kappa shape index (κ3) is 4.53. The lowest BCUT2D eigenvalue weighted by Gasteiger charge is -2.08. The SMILES string of the molecule is CCC(=O)c1ccc(OCC(=O)Nc2ccc3oc(C(C)C)nc3c2)cc1. The van der Waals surface area contributed by atoms with Gasteiger partial charge in [-0.15, -0.1) is 0 Å². The van der Waals surface area contributed by atoms with Crippen LogP contribution in [0.4, 0.5) is 5.69 Å². The summed E-state index contributed by atoms with van der Waals surface area (Å²) >= 11 is 0. The van der Waals surface area contributed by atoms with Gasteiger partial charge in [-0.05, 0) is 42.5 Å². The van der Waals surface area contributed by atoms with Gasteiger partial charge in [0.2, 0.25) is 0 Å². The number of Topliss-reactive ketones (excluding diaryl/α,β-unsaturated/α-hetero) is 1. The predicted molar refractivity (Wildman–Crippen MR) is 103 cm³/mol. The first kappa shape index (κ1) is 18.6. The molecule has 0 radical (unpaired) electrons. The second-order valence-electron chi connectivity index (χ2n) is 6.53. The molecule has 1 aromatic heterocycles. The molecule has 0 saturated heterocycles. The van der Waals surface area contributed by atoms with Gasteiger partial charge in [0.25, 0.3) is 5.91 Å². The standard InChI is InChI=1S/C21H22N2O4/c1-4-18(24)14-5-8-16(9-6-14)26-12-20(25)22-15-7-10-19-17(11-15)23-21(27-19)13(2)3/h5-11,13H,4,12H2,1-3H3,(H,22,25). The number of hydrogen-bond acceptors (Lipinski definition) is 5. The maximum absolute atomic E-state index is 12.1. The van der Waals surface area contributed by atoms with E-state index in [1.165, 1.54) is 0 Å². The molecular formula is C21H22N2O4. The largest absolute Gasteiger partial charge is 0.484 e. The number of carbonyl (C=O) groups excluding carboxylic acids is 2. The molecule has 140 valence electrons. The van der Waals surface area contributed by atoms with Gasteiger partial charge < -0.3 is 14.5 Å². The molecule has 0 unspecified atom stereocenters. The molecule has 3 aromatic rings. The van der Waals surface area contributed by atoms with Crippen molar-refractivity contribution in [3.05, 3.63) is 53.9 Å². The van der Waals surface area contributed by atoms with Crippen molar-refractivity contribution in [1.29, 1.82) is 0 Å². The van der Waals surface area contributed by atoms with Crippen molar-refractivity contribution >= 4 is 28.5 Å². The molecule has 0 spiro atoms. The molecular weight excluding hydrogens is 344 g/mol. The van der Waals surface area contributed by atoms with Crippen molar-refractivity contribution in [3.63, 3.8) is 0 Å². The summed E-state index contributed by atoms with van der Waals surface area (Å²) in [7, 11) is 0. The summed E-state index contributed by atoms with van der Waals surface area (Å²) in [5, 5.41) is 2.78. The van der Waals surface area contributed by atoms with Crippen molar-refractivity contribution < 1.29 is 18.7 Å². The molecule has 27 heavy (non-hydrogen) atoms. The maximum Gasteiger partial charge on any atom is 0.262 e. The Kier molecular flexibility index (Phi) is 5.54. The minimum atomic E-state index is -0.282. The van der Waals surface area contributed by atoms with Crippen LogP contribution in [0.15, 0.2) is 46.9 Å². The van der Waals surface area contributed by atoms with Crippen LogP contribution in [0.2, 0.25) is 0 Å². The van der Waals surface area contributed by atoms with E-state index in [-0.39, 0.29) is 24.2 Å². The van der Waals surface area contributed by atoms with E-state index in [1.807, 2.05) is 20.8 Å². The van der Waals surface area contributed by atoms with Gasteiger partial charge in [-0.2, -0.15) is 0 Å². The number of fused-ring (bicyclic) bond motifs is 1. The number of nitrogens with zero attached hydrogens (tertiary/aromatic N) is 1. The number of carbonyl (C=O) groups is 2. The van der Waals surface area contributed by atoms with Crippen LogP contribution >= 0.6 is 0 Å². The fourth-order valence-corrected chi connectivity index (χ4v) is 2.56. The highest BCUT2D eigenvalue weighted by Gasteiger charge is 2.11. The molecule has 0 atom stereocenters. The Hall–Kier alpha value is -3.15. The average molecular weight is 366 g/mol. The van der Waals surface area contributed by atoms with Gasteiger partial charge in [0, 0.05) is 23.6 Å². The maximum atomic E-state index is 12.1. The summed E-state index contributed by atoms with van der Waals surface area (Å²) < 4.78 is 11.1. The number of ketones is 1. The highest BCUT2D eigenvalue weighted by atomic mass is 16.5. The van der Waals surface area contributed by atoms with Crippen molar-refractivity contribution in [2.45, 2.75) is 33.1 Å². The normalized spacial score (nSPS) is 11.0. The van der Waals surface area contributed by atoms with E-state index in [2.05, 4.69) is 10.3 Å². The van der Waals surface area contributed by atoms with E-state index >= 15 is 0 Å². The summed E-state index contributed by atoms with van der Waals surface area (Å²) in [6.45, 7) is 5.71. The molecule has 6 heteroatoms. The molecule has 1 N–H and O–H groups in total. The summed E-state index contributed by atoms with van der Waals surface area (Å²) in [6, 6.07) is 12.1. The Morgan fingerprint density at radius 3 is 2.56 bits per heavy atom. The van der Waals surface area contributed by atoms with Crippen molar-refractivity contribution in [2.24, 2.45) is 0 Å². The number of hydrogen-bond donors (Lipinski definition) is 1. The summed E-state index contributed by atoms with van der Waals surface area (Å²) in [6.07, 6.45) is 0.455. The third-order valence-corrected chi connectivity index (χ3v) is 4.05. The minimum Gasteiger partial charge on any atom is -0.484 e. The molecule has 6 nitrogen and oxygen atoms in total. The lowest BCUT2D eigenvalue weighted by molar-refractivity contribution is -0.118. The first-order chi connectivity index (χ1) is 13.0. The van der Waals surface area contributed by atoms with Gasteiger partial charge in [-0.1, -0.05) is 20.8 Å². The highest BCUT2D eigenvalue weighted by Crippen LogP contribution is 2.23. The number of oxazole rings is 1. The van der Waals surface area contributed by atoms with Gasteiger partial charge in [0.1, 0.15) is 11.3 Å². The van der Waals surface area contributed by atoms with Crippen LogP contribution in [0.25, 0.3) is 11.1 Å². The second-order valence-corrected chi connectivity index (χ2v) is 6.53.